The van der Waals surface area contributed by atoms with Crippen molar-refractivity contribution in [3.63, 3.8) is 0 Å². The summed E-state index contributed by atoms with van der Waals surface area (Å²) >= 11 is 5.76. The average Bonchev–Trinajstić information content (AvgIpc) is 3.36. The molecule has 0 spiro atoms. The van der Waals surface area contributed by atoms with Gasteiger partial charge in [0.15, 0.2) is 0 Å². The Morgan fingerprint density at radius 1 is 1.13 bits per heavy atom. The van der Waals surface area contributed by atoms with Crippen molar-refractivity contribution in [1.29, 1.82) is 0 Å². The van der Waals surface area contributed by atoms with Gasteiger partial charge in [-0.1, -0.05) is 11.6 Å². The monoisotopic (exact) mass is 337 g/mol. The van der Waals surface area contributed by atoms with E-state index in [1.54, 1.807) is 31.2 Å². The number of halogens is 1. The normalized spacial score (nSPS) is 14.7. The van der Waals surface area contributed by atoms with Crippen LogP contribution in [0.25, 0.3) is 0 Å². The Hall–Kier alpha value is -2.08. The Bertz CT molecular complexity index is 585. The van der Waals surface area contributed by atoms with Gasteiger partial charge in [0.2, 0.25) is 11.8 Å². The summed E-state index contributed by atoms with van der Waals surface area (Å²) in [6, 6.07) is 5.75. The second-order valence-corrected chi connectivity index (χ2v) is 5.99. The Labute approximate surface area is 140 Å². The molecule has 0 saturated heterocycles. The summed E-state index contributed by atoms with van der Waals surface area (Å²) in [5, 5.41) is 8.58. The SMILES string of the molecule is CC(NC(=O)c1ccc(Cl)cc1)C(=O)NCCNC(=O)C1CC1. The lowest BCUT2D eigenvalue weighted by Gasteiger charge is -2.14. The first-order valence-corrected chi connectivity index (χ1v) is 7.97. The highest BCUT2D eigenvalue weighted by molar-refractivity contribution is 6.30. The molecule has 6 nitrogen and oxygen atoms in total. The van der Waals surface area contributed by atoms with Crippen LogP contribution in [0.3, 0.4) is 0 Å². The minimum Gasteiger partial charge on any atom is -0.354 e. The van der Waals surface area contributed by atoms with Crippen molar-refractivity contribution in [2.45, 2.75) is 25.8 Å². The fraction of sp³-hybridized carbons (Fsp3) is 0.438. The maximum absolute atomic E-state index is 12.0. The van der Waals surface area contributed by atoms with Crippen molar-refractivity contribution in [3.8, 4) is 0 Å². The first-order chi connectivity index (χ1) is 11.0. The predicted octanol–water partition coefficient (Wildman–Crippen LogP) is 1.10. The summed E-state index contributed by atoms with van der Waals surface area (Å²) in [5.74, 6) is -0.439. The standard InChI is InChI=1S/C16H20ClN3O3/c1-10(20-16(23)12-4-6-13(17)7-5-12)14(21)18-8-9-19-15(22)11-2-3-11/h4-7,10-11H,2-3,8-9H2,1H3,(H,18,21)(H,19,22)(H,20,23). The van der Waals surface area contributed by atoms with Gasteiger partial charge in [0.1, 0.15) is 6.04 Å². The molecule has 124 valence electrons. The second kappa shape index (κ2) is 7.97. The maximum Gasteiger partial charge on any atom is 0.251 e. The third-order valence-corrected chi connectivity index (χ3v) is 3.77. The number of rotatable bonds is 7. The molecule has 1 fully saturated rings. The molecule has 23 heavy (non-hydrogen) atoms. The molecule has 1 unspecified atom stereocenters. The van der Waals surface area contributed by atoms with Gasteiger partial charge in [-0.3, -0.25) is 14.4 Å². The molecule has 0 heterocycles. The molecular formula is C16H20ClN3O3. The molecule has 0 aliphatic heterocycles. The van der Waals surface area contributed by atoms with Gasteiger partial charge in [-0.25, -0.2) is 0 Å². The number of carbonyl (C=O) groups excluding carboxylic acids is 3. The lowest BCUT2D eigenvalue weighted by atomic mass is 10.2. The van der Waals surface area contributed by atoms with Crippen LogP contribution in [-0.4, -0.2) is 36.9 Å². The minimum absolute atomic E-state index is 0.0448. The van der Waals surface area contributed by atoms with Gasteiger partial charge in [0.25, 0.3) is 5.91 Å². The van der Waals surface area contributed by atoms with Crippen LogP contribution in [0.15, 0.2) is 24.3 Å². The van der Waals surface area contributed by atoms with Crippen molar-refractivity contribution in [2.24, 2.45) is 5.92 Å². The molecule has 0 bridgehead atoms. The molecule has 0 aromatic heterocycles. The molecule has 1 atom stereocenters. The molecule has 2 rings (SSSR count). The lowest BCUT2D eigenvalue weighted by Crippen LogP contribution is -2.46. The fourth-order valence-electron chi connectivity index (χ4n) is 1.96. The predicted molar refractivity (Wildman–Crippen MR) is 87.1 cm³/mol. The van der Waals surface area contributed by atoms with Crippen molar-refractivity contribution in [2.75, 3.05) is 13.1 Å². The van der Waals surface area contributed by atoms with Gasteiger partial charge < -0.3 is 16.0 Å². The molecule has 1 aromatic rings. The van der Waals surface area contributed by atoms with Crippen LogP contribution in [0.2, 0.25) is 5.02 Å². The van der Waals surface area contributed by atoms with Gasteiger partial charge in [-0.05, 0) is 44.0 Å². The zero-order valence-electron chi connectivity index (χ0n) is 12.9. The first-order valence-electron chi connectivity index (χ1n) is 7.59. The smallest absolute Gasteiger partial charge is 0.251 e. The minimum atomic E-state index is -0.669. The van der Waals surface area contributed by atoms with E-state index in [2.05, 4.69) is 16.0 Å². The second-order valence-electron chi connectivity index (χ2n) is 5.56. The Kier molecular flexibility index (Phi) is 5.98. The topological polar surface area (TPSA) is 87.3 Å². The van der Waals surface area contributed by atoms with Crippen LogP contribution < -0.4 is 16.0 Å². The number of amides is 3. The Morgan fingerprint density at radius 2 is 1.74 bits per heavy atom. The van der Waals surface area contributed by atoms with Gasteiger partial charge in [-0.2, -0.15) is 0 Å². The van der Waals surface area contributed by atoms with E-state index in [1.165, 1.54) is 0 Å². The van der Waals surface area contributed by atoms with Gasteiger partial charge in [0.05, 0.1) is 0 Å². The van der Waals surface area contributed by atoms with E-state index in [4.69, 9.17) is 11.6 Å². The van der Waals surface area contributed by atoms with Crippen molar-refractivity contribution in [1.82, 2.24) is 16.0 Å². The van der Waals surface area contributed by atoms with Gasteiger partial charge >= 0.3 is 0 Å². The highest BCUT2D eigenvalue weighted by Gasteiger charge is 2.29. The van der Waals surface area contributed by atoms with E-state index >= 15 is 0 Å². The largest absolute Gasteiger partial charge is 0.354 e. The molecule has 3 N–H and O–H groups in total. The molecule has 7 heteroatoms. The molecular weight excluding hydrogens is 318 g/mol. The molecule has 1 aromatic carbocycles. The summed E-state index contributed by atoms with van der Waals surface area (Å²) in [5.41, 5.74) is 0.436. The summed E-state index contributed by atoms with van der Waals surface area (Å²) in [7, 11) is 0. The van der Waals surface area contributed by atoms with E-state index < -0.39 is 6.04 Å². The fourth-order valence-corrected chi connectivity index (χ4v) is 2.09. The molecule has 1 saturated carbocycles. The van der Waals surface area contributed by atoms with E-state index in [9.17, 15) is 14.4 Å². The van der Waals surface area contributed by atoms with E-state index in [1.807, 2.05) is 0 Å². The number of carbonyl (C=O) groups is 3. The maximum atomic E-state index is 12.0. The number of hydrogen-bond acceptors (Lipinski definition) is 3. The highest BCUT2D eigenvalue weighted by atomic mass is 35.5. The molecule has 3 amide bonds. The summed E-state index contributed by atoms with van der Waals surface area (Å²) < 4.78 is 0. The molecule has 0 radical (unpaired) electrons. The average molecular weight is 338 g/mol. The summed E-state index contributed by atoms with van der Waals surface area (Å²) in [4.78, 5) is 35.3. The van der Waals surface area contributed by atoms with E-state index in [-0.39, 0.29) is 23.6 Å². The van der Waals surface area contributed by atoms with Gasteiger partial charge in [0, 0.05) is 29.6 Å². The van der Waals surface area contributed by atoms with Crippen LogP contribution in [0.5, 0.6) is 0 Å². The van der Waals surface area contributed by atoms with E-state index in [0.717, 1.165) is 12.8 Å². The van der Waals surface area contributed by atoms with Crippen molar-refractivity contribution < 1.29 is 14.4 Å². The van der Waals surface area contributed by atoms with Crippen LogP contribution >= 0.6 is 11.6 Å². The zero-order chi connectivity index (χ0) is 16.8. The third-order valence-electron chi connectivity index (χ3n) is 3.52. The van der Waals surface area contributed by atoms with Crippen LogP contribution in [-0.2, 0) is 9.59 Å². The van der Waals surface area contributed by atoms with Gasteiger partial charge in [-0.15, -0.1) is 0 Å². The lowest BCUT2D eigenvalue weighted by molar-refractivity contribution is -0.124. The Morgan fingerprint density at radius 3 is 2.35 bits per heavy atom. The van der Waals surface area contributed by atoms with Crippen LogP contribution in [0.1, 0.15) is 30.1 Å². The third kappa shape index (κ3) is 5.56. The van der Waals surface area contributed by atoms with Crippen molar-refractivity contribution >= 4 is 29.3 Å². The van der Waals surface area contributed by atoms with Crippen LogP contribution in [0.4, 0.5) is 0 Å². The Balaban J connectivity index is 1.68. The van der Waals surface area contributed by atoms with Crippen molar-refractivity contribution in [3.05, 3.63) is 34.9 Å². The van der Waals surface area contributed by atoms with E-state index in [0.29, 0.717) is 23.7 Å². The quantitative estimate of drug-likeness (QED) is 0.651. The zero-order valence-corrected chi connectivity index (χ0v) is 13.7. The number of hydrogen-bond donors (Lipinski definition) is 3. The molecule has 1 aliphatic carbocycles. The summed E-state index contributed by atoms with van der Waals surface area (Å²) in [6.07, 6.45) is 1.90. The molecule has 1 aliphatic rings. The number of nitrogens with one attached hydrogen (secondary N) is 3. The van der Waals surface area contributed by atoms with Crippen LogP contribution in [0, 0.1) is 5.92 Å². The first kappa shape index (κ1) is 17.3. The highest BCUT2D eigenvalue weighted by Crippen LogP contribution is 2.28. The number of benzene rings is 1. The summed E-state index contributed by atoms with van der Waals surface area (Å²) in [6.45, 7) is 2.32.